The minimum absolute atomic E-state index is 0.0158. The number of carbonyl (C=O) groups is 1. The molecule has 1 aromatic carbocycles. The Hall–Kier alpha value is -2.43. The van der Waals surface area contributed by atoms with Gasteiger partial charge in [0.25, 0.3) is 0 Å². The summed E-state index contributed by atoms with van der Waals surface area (Å²) in [5, 5.41) is 9.11. The van der Waals surface area contributed by atoms with E-state index in [9.17, 15) is 4.79 Å². The van der Waals surface area contributed by atoms with Crippen LogP contribution in [-0.2, 0) is 0 Å². The quantitative estimate of drug-likeness (QED) is 0.907. The zero-order valence-corrected chi connectivity index (χ0v) is 11.0. The number of rotatable bonds is 2. The zero-order valence-electron chi connectivity index (χ0n) is 11.0. The van der Waals surface area contributed by atoms with Gasteiger partial charge in [-0.05, 0) is 25.5 Å². The van der Waals surface area contributed by atoms with E-state index in [0.717, 1.165) is 17.7 Å². The molecule has 0 saturated heterocycles. The molecule has 1 N–H and O–H groups in total. The Morgan fingerprint density at radius 3 is 2.95 bits per heavy atom. The lowest BCUT2D eigenvalue weighted by atomic mass is 9.92. The molecule has 2 heterocycles. The first kappa shape index (κ1) is 12.6. The van der Waals surface area contributed by atoms with Gasteiger partial charge < -0.3 is 9.84 Å². The number of aromatic carboxylic acids is 1. The summed E-state index contributed by atoms with van der Waals surface area (Å²) in [5.41, 5.74) is 1.72. The van der Waals surface area contributed by atoms with Gasteiger partial charge in [0.2, 0.25) is 0 Å². The van der Waals surface area contributed by atoms with Crippen molar-refractivity contribution < 1.29 is 14.6 Å². The normalized spacial score (nSPS) is 17.1. The van der Waals surface area contributed by atoms with Crippen LogP contribution in [0.4, 0.5) is 0 Å². The number of hydrogen-bond donors (Lipinski definition) is 1. The Morgan fingerprint density at radius 2 is 2.15 bits per heavy atom. The van der Waals surface area contributed by atoms with E-state index in [-0.39, 0.29) is 11.6 Å². The first-order valence-corrected chi connectivity index (χ1v) is 6.46. The van der Waals surface area contributed by atoms with Gasteiger partial charge in [-0.3, -0.25) is 0 Å². The molecule has 5 heteroatoms. The SMILES string of the molecule is Cc1cc(C(=O)O)nc(C2CCOc3ccccc32)n1. The molecule has 0 fully saturated rings. The van der Waals surface area contributed by atoms with E-state index in [4.69, 9.17) is 9.84 Å². The summed E-state index contributed by atoms with van der Waals surface area (Å²) in [7, 11) is 0. The van der Waals surface area contributed by atoms with Crippen LogP contribution in [0.25, 0.3) is 0 Å². The fourth-order valence-electron chi connectivity index (χ4n) is 2.47. The van der Waals surface area contributed by atoms with Gasteiger partial charge in [-0.25, -0.2) is 14.8 Å². The number of nitrogens with zero attached hydrogens (tertiary/aromatic N) is 2. The Kier molecular flexibility index (Phi) is 3.10. The molecule has 1 aliphatic rings. The van der Waals surface area contributed by atoms with Crippen molar-refractivity contribution in [1.82, 2.24) is 9.97 Å². The van der Waals surface area contributed by atoms with Crippen molar-refractivity contribution in [3.63, 3.8) is 0 Å². The van der Waals surface area contributed by atoms with Gasteiger partial charge in [0, 0.05) is 11.3 Å². The molecule has 20 heavy (non-hydrogen) atoms. The molecule has 1 unspecified atom stereocenters. The van der Waals surface area contributed by atoms with Crippen molar-refractivity contribution in [2.24, 2.45) is 0 Å². The van der Waals surface area contributed by atoms with E-state index in [2.05, 4.69) is 9.97 Å². The molecule has 1 aliphatic heterocycles. The number of aryl methyl sites for hydroxylation is 1. The Labute approximate surface area is 116 Å². The van der Waals surface area contributed by atoms with Crippen molar-refractivity contribution in [3.05, 3.63) is 53.1 Å². The van der Waals surface area contributed by atoms with E-state index in [0.29, 0.717) is 18.1 Å². The highest BCUT2D eigenvalue weighted by molar-refractivity contribution is 5.85. The molecule has 0 spiro atoms. The standard InChI is InChI=1S/C15H14N2O3/c1-9-8-12(15(18)19)17-14(16-9)11-6-7-20-13-5-3-2-4-10(11)13/h2-5,8,11H,6-7H2,1H3,(H,18,19). The number of benzene rings is 1. The first-order valence-electron chi connectivity index (χ1n) is 6.46. The monoisotopic (exact) mass is 270 g/mol. The third kappa shape index (κ3) is 2.22. The van der Waals surface area contributed by atoms with E-state index < -0.39 is 5.97 Å². The van der Waals surface area contributed by atoms with E-state index >= 15 is 0 Å². The molecule has 2 aromatic rings. The molecule has 0 aliphatic carbocycles. The highest BCUT2D eigenvalue weighted by atomic mass is 16.5. The molecule has 1 aromatic heterocycles. The molecule has 5 nitrogen and oxygen atoms in total. The van der Waals surface area contributed by atoms with Crippen LogP contribution in [0.5, 0.6) is 5.75 Å². The van der Waals surface area contributed by atoms with Crippen molar-refractivity contribution in [3.8, 4) is 5.75 Å². The van der Waals surface area contributed by atoms with Crippen LogP contribution < -0.4 is 4.74 Å². The summed E-state index contributed by atoms with van der Waals surface area (Å²) in [5.74, 6) is 0.332. The van der Waals surface area contributed by atoms with Crippen molar-refractivity contribution in [2.45, 2.75) is 19.3 Å². The van der Waals surface area contributed by atoms with Gasteiger partial charge in [-0.2, -0.15) is 0 Å². The van der Waals surface area contributed by atoms with Gasteiger partial charge in [-0.15, -0.1) is 0 Å². The maximum atomic E-state index is 11.1. The molecular weight excluding hydrogens is 256 g/mol. The third-order valence-corrected chi connectivity index (χ3v) is 3.36. The predicted octanol–water partition coefficient (Wildman–Crippen LogP) is 2.40. The zero-order chi connectivity index (χ0) is 14.1. The second kappa shape index (κ2) is 4.92. The van der Waals surface area contributed by atoms with E-state index in [1.165, 1.54) is 6.07 Å². The van der Waals surface area contributed by atoms with E-state index in [1.807, 2.05) is 24.3 Å². The number of fused-ring (bicyclic) bond motifs is 1. The second-order valence-corrected chi connectivity index (χ2v) is 4.79. The minimum Gasteiger partial charge on any atom is -0.493 e. The largest absolute Gasteiger partial charge is 0.493 e. The third-order valence-electron chi connectivity index (χ3n) is 3.36. The molecule has 0 radical (unpaired) electrons. The van der Waals surface area contributed by atoms with Crippen LogP contribution in [0.1, 0.15) is 39.9 Å². The molecule has 1 atom stereocenters. The number of carboxylic acids is 1. The van der Waals surface area contributed by atoms with Gasteiger partial charge in [0.05, 0.1) is 12.5 Å². The Morgan fingerprint density at radius 1 is 1.35 bits per heavy atom. The fraction of sp³-hybridized carbons (Fsp3) is 0.267. The maximum Gasteiger partial charge on any atom is 0.354 e. The topological polar surface area (TPSA) is 72.3 Å². The molecule has 0 saturated carbocycles. The number of para-hydroxylation sites is 1. The second-order valence-electron chi connectivity index (χ2n) is 4.79. The van der Waals surface area contributed by atoms with Crippen molar-refractivity contribution in [2.75, 3.05) is 6.61 Å². The lowest BCUT2D eigenvalue weighted by Crippen LogP contribution is -2.18. The summed E-state index contributed by atoms with van der Waals surface area (Å²) in [6, 6.07) is 9.23. The summed E-state index contributed by atoms with van der Waals surface area (Å²) in [6.07, 6.45) is 0.750. The summed E-state index contributed by atoms with van der Waals surface area (Å²) in [6.45, 7) is 2.37. The predicted molar refractivity (Wildman–Crippen MR) is 72.1 cm³/mol. The van der Waals surface area contributed by atoms with Gasteiger partial charge in [0.1, 0.15) is 11.6 Å². The van der Waals surface area contributed by atoms with Crippen LogP contribution in [0.15, 0.2) is 30.3 Å². The van der Waals surface area contributed by atoms with E-state index in [1.54, 1.807) is 6.92 Å². The summed E-state index contributed by atoms with van der Waals surface area (Å²) in [4.78, 5) is 19.7. The Balaban J connectivity index is 2.08. The van der Waals surface area contributed by atoms with Crippen LogP contribution >= 0.6 is 0 Å². The van der Waals surface area contributed by atoms with Crippen LogP contribution in [0, 0.1) is 6.92 Å². The average molecular weight is 270 g/mol. The number of hydrogen-bond acceptors (Lipinski definition) is 4. The lowest BCUT2D eigenvalue weighted by Gasteiger charge is -2.25. The summed E-state index contributed by atoms with van der Waals surface area (Å²) >= 11 is 0. The number of carboxylic acid groups (broad SMARTS) is 1. The number of aromatic nitrogens is 2. The van der Waals surface area contributed by atoms with Crippen LogP contribution in [0.2, 0.25) is 0 Å². The van der Waals surface area contributed by atoms with Crippen molar-refractivity contribution in [1.29, 1.82) is 0 Å². The smallest absolute Gasteiger partial charge is 0.354 e. The molecule has 0 bridgehead atoms. The highest BCUT2D eigenvalue weighted by Gasteiger charge is 2.26. The Bertz CT molecular complexity index is 670. The van der Waals surface area contributed by atoms with Crippen LogP contribution in [-0.4, -0.2) is 27.7 Å². The lowest BCUT2D eigenvalue weighted by molar-refractivity contribution is 0.0689. The van der Waals surface area contributed by atoms with Gasteiger partial charge in [0.15, 0.2) is 5.69 Å². The van der Waals surface area contributed by atoms with Crippen LogP contribution in [0.3, 0.4) is 0 Å². The average Bonchev–Trinajstić information content (AvgIpc) is 2.46. The fourth-order valence-corrected chi connectivity index (χ4v) is 2.47. The molecule has 102 valence electrons. The molecule has 3 rings (SSSR count). The van der Waals surface area contributed by atoms with Gasteiger partial charge >= 0.3 is 5.97 Å². The highest BCUT2D eigenvalue weighted by Crippen LogP contribution is 2.36. The maximum absolute atomic E-state index is 11.1. The first-order chi connectivity index (χ1) is 9.65. The molecule has 0 amide bonds. The number of ether oxygens (including phenoxy) is 1. The van der Waals surface area contributed by atoms with Gasteiger partial charge in [-0.1, -0.05) is 18.2 Å². The summed E-state index contributed by atoms with van der Waals surface area (Å²) < 4.78 is 5.61. The molecular formula is C15H14N2O3. The minimum atomic E-state index is -1.03. The van der Waals surface area contributed by atoms with Crippen molar-refractivity contribution >= 4 is 5.97 Å².